The van der Waals surface area contributed by atoms with Crippen LogP contribution >= 0.6 is 11.8 Å². The number of rotatable bonds is 10. The molecule has 2 aromatic rings. The number of hydrogen-bond acceptors (Lipinski definition) is 5. The Balaban J connectivity index is 1.68. The summed E-state index contributed by atoms with van der Waals surface area (Å²) in [6.45, 7) is 6.67. The predicted octanol–water partition coefficient (Wildman–Crippen LogP) is 3.32. The lowest BCUT2D eigenvalue weighted by Crippen LogP contribution is -2.30. The Labute approximate surface area is 172 Å². The van der Waals surface area contributed by atoms with Gasteiger partial charge >= 0.3 is 0 Å². The first-order chi connectivity index (χ1) is 13.8. The first kappa shape index (κ1) is 20.9. The Kier molecular flexibility index (Phi) is 8.36. The second-order valence-electron chi connectivity index (χ2n) is 7.30. The van der Waals surface area contributed by atoms with Crippen molar-refractivity contribution >= 4 is 17.7 Å². The third-order valence-electron chi connectivity index (χ3n) is 4.98. The van der Waals surface area contributed by atoms with Crippen LogP contribution < -0.4 is 5.32 Å². The lowest BCUT2D eigenvalue weighted by Gasteiger charge is -2.26. The minimum absolute atomic E-state index is 0.0605. The number of hydrogen-bond donors (Lipinski definition) is 1. The summed E-state index contributed by atoms with van der Waals surface area (Å²) in [6, 6.07) is 10.4. The fourth-order valence-corrected chi connectivity index (χ4v) is 4.16. The molecule has 0 spiro atoms. The van der Waals surface area contributed by atoms with Crippen LogP contribution in [0.25, 0.3) is 0 Å². The minimum Gasteiger partial charge on any atom is -0.355 e. The quantitative estimate of drug-likeness (QED) is 0.489. The molecule has 7 heteroatoms. The molecule has 1 aliphatic rings. The Morgan fingerprint density at radius 2 is 1.89 bits per heavy atom. The number of likely N-dealkylation sites (tertiary alicyclic amines) is 1. The normalized spacial score (nSPS) is 14.9. The molecule has 1 saturated heterocycles. The van der Waals surface area contributed by atoms with Crippen molar-refractivity contribution in [1.82, 2.24) is 25.0 Å². The minimum atomic E-state index is 0.0605. The molecule has 1 fully saturated rings. The fraction of sp³-hybridized carbons (Fsp3) is 0.571. The van der Waals surface area contributed by atoms with Gasteiger partial charge in [-0.1, -0.05) is 61.9 Å². The number of carbonyl (C=O) groups is 1. The highest BCUT2D eigenvalue weighted by atomic mass is 32.2. The summed E-state index contributed by atoms with van der Waals surface area (Å²) in [5, 5.41) is 12.7. The van der Waals surface area contributed by atoms with Crippen molar-refractivity contribution in [2.75, 3.05) is 25.4 Å². The first-order valence-corrected chi connectivity index (χ1v) is 11.3. The maximum absolute atomic E-state index is 12.1. The number of unbranched alkanes of at least 4 members (excludes halogenated alkanes) is 1. The highest BCUT2D eigenvalue weighted by molar-refractivity contribution is 7.99. The maximum Gasteiger partial charge on any atom is 0.230 e. The average Bonchev–Trinajstić information content (AvgIpc) is 3.09. The molecule has 0 atom stereocenters. The van der Waals surface area contributed by atoms with Crippen LogP contribution in [0.1, 0.15) is 50.4 Å². The van der Waals surface area contributed by atoms with Gasteiger partial charge in [0.1, 0.15) is 5.82 Å². The topological polar surface area (TPSA) is 63.1 Å². The summed E-state index contributed by atoms with van der Waals surface area (Å²) < 4.78 is 2.17. The molecule has 0 bridgehead atoms. The van der Waals surface area contributed by atoms with E-state index in [2.05, 4.69) is 56.2 Å². The smallest absolute Gasteiger partial charge is 0.230 e. The number of thioether (sulfide) groups is 1. The monoisotopic (exact) mass is 401 g/mol. The van der Waals surface area contributed by atoms with Gasteiger partial charge in [0.15, 0.2) is 5.16 Å². The van der Waals surface area contributed by atoms with Gasteiger partial charge < -0.3 is 9.88 Å². The SMILES string of the molecule is CCCCNC(=O)CSc1nnc(CN2CCCCC2)n1Cc1ccccc1. The molecular formula is C21H31N5OS. The number of amides is 1. The Bertz CT molecular complexity index is 728. The summed E-state index contributed by atoms with van der Waals surface area (Å²) in [6.07, 6.45) is 5.93. The maximum atomic E-state index is 12.1. The molecule has 0 radical (unpaired) electrons. The molecule has 6 nitrogen and oxygen atoms in total. The highest BCUT2D eigenvalue weighted by Gasteiger charge is 2.18. The molecule has 0 saturated carbocycles. The Hall–Kier alpha value is -1.86. The van der Waals surface area contributed by atoms with Gasteiger partial charge in [0, 0.05) is 6.54 Å². The van der Waals surface area contributed by atoms with Crippen molar-refractivity contribution in [1.29, 1.82) is 0 Å². The zero-order valence-corrected chi connectivity index (χ0v) is 17.6. The zero-order valence-electron chi connectivity index (χ0n) is 16.8. The van der Waals surface area contributed by atoms with Crippen LogP contribution in [0.5, 0.6) is 0 Å². The van der Waals surface area contributed by atoms with Gasteiger partial charge in [-0.3, -0.25) is 9.69 Å². The van der Waals surface area contributed by atoms with Crippen molar-refractivity contribution in [2.24, 2.45) is 0 Å². The summed E-state index contributed by atoms with van der Waals surface area (Å²) in [5.41, 5.74) is 1.22. The predicted molar refractivity (Wildman–Crippen MR) is 113 cm³/mol. The van der Waals surface area contributed by atoms with E-state index in [1.807, 2.05) is 6.07 Å². The van der Waals surface area contributed by atoms with E-state index in [0.29, 0.717) is 5.75 Å². The van der Waals surface area contributed by atoms with Gasteiger partial charge in [0.05, 0.1) is 18.8 Å². The number of aromatic nitrogens is 3. The molecule has 1 aromatic heterocycles. The van der Waals surface area contributed by atoms with Gasteiger partial charge in [0.2, 0.25) is 5.91 Å². The molecule has 0 aliphatic carbocycles. The van der Waals surface area contributed by atoms with E-state index < -0.39 is 0 Å². The molecule has 3 rings (SSSR count). The molecule has 1 aromatic carbocycles. The van der Waals surface area contributed by atoms with Crippen molar-refractivity contribution in [3.63, 3.8) is 0 Å². The fourth-order valence-electron chi connectivity index (χ4n) is 3.37. The van der Waals surface area contributed by atoms with Gasteiger partial charge in [-0.2, -0.15) is 0 Å². The standard InChI is InChI=1S/C21H31N5OS/c1-2-3-12-22-20(27)17-28-21-24-23-19(16-25-13-8-5-9-14-25)26(21)15-18-10-6-4-7-11-18/h4,6-7,10-11H,2-3,5,8-9,12-17H2,1H3,(H,22,27). The second kappa shape index (κ2) is 11.2. The number of nitrogens with zero attached hydrogens (tertiary/aromatic N) is 4. The van der Waals surface area contributed by atoms with Gasteiger partial charge in [-0.25, -0.2) is 0 Å². The van der Waals surface area contributed by atoms with E-state index in [4.69, 9.17) is 0 Å². The molecule has 1 aliphatic heterocycles. The molecule has 152 valence electrons. The summed E-state index contributed by atoms with van der Waals surface area (Å²) in [4.78, 5) is 14.5. The third-order valence-corrected chi connectivity index (χ3v) is 5.94. The first-order valence-electron chi connectivity index (χ1n) is 10.3. The lowest BCUT2D eigenvalue weighted by atomic mass is 10.1. The van der Waals surface area contributed by atoms with Crippen LogP contribution in [0.4, 0.5) is 0 Å². The van der Waals surface area contributed by atoms with Crippen LogP contribution in [-0.2, 0) is 17.9 Å². The van der Waals surface area contributed by atoms with Crippen molar-refractivity contribution in [2.45, 2.75) is 57.3 Å². The number of carbonyl (C=O) groups excluding carboxylic acids is 1. The molecular weight excluding hydrogens is 370 g/mol. The van der Waals surface area contributed by atoms with Crippen LogP contribution in [0.15, 0.2) is 35.5 Å². The van der Waals surface area contributed by atoms with Gasteiger partial charge in [0.25, 0.3) is 0 Å². The van der Waals surface area contributed by atoms with Crippen molar-refractivity contribution < 1.29 is 4.79 Å². The molecule has 2 heterocycles. The molecule has 1 amide bonds. The van der Waals surface area contributed by atoms with E-state index in [9.17, 15) is 4.79 Å². The lowest BCUT2D eigenvalue weighted by molar-refractivity contribution is -0.118. The third kappa shape index (κ3) is 6.34. The average molecular weight is 402 g/mol. The molecule has 28 heavy (non-hydrogen) atoms. The van der Waals surface area contributed by atoms with E-state index >= 15 is 0 Å². The van der Waals surface area contributed by atoms with Gasteiger partial charge in [-0.05, 0) is 37.9 Å². The second-order valence-corrected chi connectivity index (χ2v) is 8.24. The molecule has 1 N–H and O–H groups in total. The summed E-state index contributed by atoms with van der Waals surface area (Å²) in [7, 11) is 0. The van der Waals surface area contributed by atoms with E-state index in [1.54, 1.807) is 0 Å². The van der Waals surface area contributed by atoms with Crippen molar-refractivity contribution in [3.8, 4) is 0 Å². The number of nitrogens with one attached hydrogen (secondary N) is 1. The molecule has 0 unspecified atom stereocenters. The van der Waals surface area contributed by atoms with E-state index in [-0.39, 0.29) is 5.91 Å². The largest absolute Gasteiger partial charge is 0.355 e. The van der Waals surface area contributed by atoms with Crippen LogP contribution in [0.3, 0.4) is 0 Å². The van der Waals surface area contributed by atoms with Crippen LogP contribution in [0, 0.1) is 0 Å². The van der Waals surface area contributed by atoms with E-state index in [0.717, 1.165) is 56.5 Å². The van der Waals surface area contributed by atoms with E-state index in [1.165, 1.54) is 36.6 Å². The highest BCUT2D eigenvalue weighted by Crippen LogP contribution is 2.21. The number of benzene rings is 1. The summed E-state index contributed by atoms with van der Waals surface area (Å²) in [5.74, 6) is 1.42. The van der Waals surface area contributed by atoms with Crippen molar-refractivity contribution in [3.05, 3.63) is 41.7 Å². The number of piperidine rings is 1. The zero-order chi connectivity index (χ0) is 19.6. The van der Waals surface area contributed by atoms with Crippen LogP contribution in [0.2, 0.25) is 0 Å². The van der Waals surface area contributed by atoms with Crippen LogP contribution in [-0.4, -0.2) is 51.0 Å². The Morgan fingerprint density at radius 1 is 1.11 bits per heavy atom. The Morgan fingerprint density at radius 3 is 2.64 bits per heavy atom. The summed E-state index contributed by atoms with van der Waals surface area (Å²) >= 11 is 1.47. The van der Waals surface area contributed by atoms with Gasteiger partial charge in [-0.15, -0.1) is 10.2 Å².